The summed E-state index contributed by atoms with van der Waals surface area (Å²) in [6, 6.07) is 17.0. The molecular weight excluding hydrogens is 312 g/mol. The number of nitrogens with zero attached hydrogens (tertiary/aromatic N) is 2. The van der Waals surface area contributed by atoms with Crippen molar-refractivity contribution < 1.29 is 9.53 Å². The molecule has 1 saturated heterocycles. The zero-order valence-electron chi connectivity index (χ0n) is 14.4. The summed E-state index contributed by atoms with van der Waals surface area (Å²) in [7, 11) is 0. The Morgan fingerprint density at radius 1 is 1.28 bits per heavy atom. The van der Waals surface area contributed by atoms with Gasteiger partial charge in [0.15, 0.2) is 0 Å². The van der Waals surface area contributed by atoms with Crippen molar-refractivity contribution >= 4 is 5.91 Å². The molecule has 1 amide bonds. The number of carbonyl (C=O) groups excluding carboxylic acids is 1. The van der Waals surface area contributed by atoms with Gasteiger partial charge in [0.2, 0.25) is 0 Å². The van der Waals surface area contributed by atoms with Gasteiger partial charge in [-0.1, -0.05) is 12.1 Å². The normalized spacial score (nSPS) is 17.0. The number of benzene rings is 2. The highest BCUT2D eigenvalue weighted by Crippen LogP contribution is 2.21. The van der Waals surface area contributed by atoms with Gasteiger partial charge in [-0.25, -0.2) is 0 Å². The van der Waals surface area contributed by atoms with Gasteiger partial charge in [-0.2, -0.15) is 5.26 Å². The van der Waals surface area contributed by atoms with Crippen LogP contribution in [0.5, 0.6) is 5.75 Å². The van der Waals surface area contributed by atoms with Crippen LogP contribution in [0, 0.1) is 24.2 Å². The fraction of sp³-hybridized carbons (Fsp3) is 0.333. The van der Waals surface area contributed by atoms with Gasteiger partial charge >= 0.3 is 0 Å². The van der Waals surface area contributed by atoms with Crippen LogP contribution in [0.4, 0.5) is 0 Å². The molecule has 0 bridgehead atoms. The second kappa shape index (κ2) is 7.85. The quantitative estimate of drug-likeness (QED) is 0.854. The molecule has 3 rings (SSSR count). The van der Waals surface area contributed by atoms with Gasteiger partial charge in [-0.3, -0.25) is 4.79 Å². The smallest absolute Gasteiger partial charge is 0.253 e. The summed E-state index contributed by atoms with van der Waals surface area (Å²) in [5, 5.41) is 8.86. The second-order valence-electron chi connectivity index (χ2n) is 6.58. The molecule has 1 heterocycles. The first-order chi connectivity index (χ1) is 12.2. The van der Waals surface area contributed by atoms with E-state index in [0.29, 0.717) is 30.2 Å². The minimum Gasteiger partial charge on any atom is -0.493 e. The van der Waals surface area contributed by atoms with Crippen molar-refractivity contribution in [2.24, 2.45) is 5.92 Å². The molecule has 4 nitrogen and oxygen atoms in total. The lowest BCUT2D eigenvalue weighted by Crippen LogP contribution is -2.41. The molecule has 2 aromatic carbocycles. The van der Waals surface area contributed by atoms with E-state index in [9.17, 15) is 4.79 Å². The van der Waals surface area contributed by atoms with E-state index in [1.807, 2.05) is 36.1 Å². The Morgan fingerprint density at radius 3 is 2.80 bits per heavy atom. The molecule has 2 aromatic rings. The molecule has 0 aliphatic carbocycles. The maximum atomic E-state index is 12.7. The summed E-state index contributed by atoms with van der Waals surface area (Å²) in [6.45, 7) is 4.16. The standard InChI is InChI=1S/C21H22N2O2/c1-16-4-2-6-20(12-16)25-15-18-5-3-11-23(14-18)21(24)19-9-7-17(13-22)8-10-19/h2,4,6-10,12,18H,3,5,11,14-15H2,1H3. The number of likely N-dealkylation sites (tertiary alicyclic amines) is 1. The van der Waals surface area contributed by atoms with Gasteiger partial charge in [0.25, 0.3) is 5.91 Å². The highest BCUT2D eigenvalue weighted by Gasteiger charge is 2.25. The Labute approximate surface area is 148 Å². The van der Waals surface area contributed by atoms with Crippen LogP contribution in [-0.2, 0) is 0 Å². The lowest BCUT2D eigenvalue weighted by molar-refractivity contribution is 0.0633. The first-order valence-electron chi connectivity index (χ1n) is 8.64. The summed E-state index contributed by atoms with van der Waals surface area (Å²) in [6.07, 6.45) is 2.06. The highest BCUT2D eigenvalue weighted by molar-refractivity contribution is 5.94. The van der Waals surface area contributed by atoms with Crippen molar-refractivity contribution in [3.63, 3.8) is 0 Å². The minimum atomic E-state index is 0.0322. The fourth-order valence-corrected chi connectivity index (χ4v) is 3.17. The number of nitriles is 1. The first-order valence-corrected chi connectivity index (χ1v) is 8.64. The Kier molecular flexibility index (Phi) is 5.35. The van der Waals surface area contributed by atoms with Crippen LogP contribution in [-0.4, -0.2) is 30.5 Å². The van der Waals surface area contributed by atoms with Crippen LogP contribution >= 0.6 is 0 Å². The van der Waals surface area contributed by atoms with Crippen LogP contribution in [0.15, 0.2) is 48.5 Å². The maximum Gasteiger partial charge on any atom is 0.253 e. The van der Waals surface area contributed by atoms with E-state index in [4.69, 9.17) is 10.00 Å². The van der Waals surface area contributed by atoms with Crippen LogP contribution in [0.25, 0.3) is 0 Å². The Balaban J connectivity index is 1.58. The molecule has 128 valence electrons. The van der Waals surface area contributed by atoms with Gasteiger partial charge in [0, 0.05) is 24.6 Å². The molecule has 4 heteroatoms. The lowest BCUT2D eigenvalue weighted by Gasteiger charge is -2.32. The van der Waals surface area contributed by atoms with Crippen LogP contribution in [0.2, 0.25) is 0 Å². The van der Waals surface area contributed by atoms with Crippen molar-refractivity contribution in [1.29, 1.82) is 5.26 Å². The topological polar surface area (TPSA) is 53.3 Å². The second-order valence-corrected chi connectivity index (χ2v) is 6.58. The van der Waals surface area contributed by atoms with E-state index in [2.05, 4.69) is 6.07 Å². The molecule has 25 heavy (non-hydrogen) atoms. The number of amides is 1. The van der Waals surface area contributed by atoms with Crippen molar-refractivity contribution in [2.75, 3.05) is 19.7 Å². The molecule has 0 N–H and O–H groups in total. The van der Waals surface area contributed by atoms with Gasteiger partial charge in [0.1, 0.15) is 5.75 Å². The van der Waals surface area contributed by atoms with Crippen LogP contribution in [0.3, 0.4) is 0 Å². The first kappa shape index (κ1) is 17.0. The molecule has 1 aliphatic heterocycles. The largest absolute Gasteiger partial charge is 0.493 e. The molecule has 1 atom stereocenters. The summed E-state index contributed by atoms with van der Waals surface area (Å²) >= 11 is 0. The maximum absolute atomic E-state index is 12.7. The van der Waals surface area contributed by atoms with Crippen LogP contribution in [0.1, 0.15) is 34.3 Å². The molecule has 1 unspecified atom stereocenters. The van der Waals surface area contributed by atoms with Crippen molar-refractivity contribution in [3.05, 3.63) is 65.2 Å². The molecule has 0 spiro atoms. The number of rotatable bonds is 4. The predicted molar refractivity (Wildman–Crippen MR) is 96.5 cm³/mol. The third-order valence-corrected chi connectivity index (χ3v) is 4.54. The number of piperidine rings is 1. The van der Waals surface area contributed by atoms with E-state index in [1.165, 1.54) is 5.56 Å². The Hall–Kier alpha value is -2.80. The SMILES string of the molecule is Cc1cccc(OCC2CCCN(C(=O)c3ccc(C#N)cc3)C2)c1. The van der Waals surface area contributed by atoms with Gasteiger partial charge in [-0.05, 0) is 61.7 Å². The van der Waals surface area contributed by atoms with E-state index in [-0.39, 0.29) is 5.91 Å². The zero-order chi connectivity index (χ0) is 17.6. The summed E-state index contributed by atoms with van der Waals surface area (Å²) in [5.74, 6) is 1.26. The fourth-order valence-electron chi connectivity index (χ4n) is 3.17. The zero-order valence-corrected chi connectivity index (χ0v) is 14.4. The van der Waals surface area contributed by atoms with Crippen molar-refractivity contribution in [1.82, 2.24) is 4.90 Å². The van der Waals surface area contributed by atoms with E-state index in [0.717, 1.165) is 25.1 Å². The molecule has 0 aromatic heterocycles. The van der Waals surface area contributed by atoms with Gasteiger partial charge in [-0.15, -0.1) is 0 Å². The third kappa shape index (κ3) is 4.39. The van der Waals surface area contributed by atoms with Crippen LogP contribution < -0.4 is 4.74 Å². The number of hydrogen-bond acceptors (Lipinski definition) is 3. The number of carbonyl (C=O) groups is 1. The molecule has 1 fully saturated rings. The number of aryl methyl sites for hydroxylation is 1. The summed E-state index contributed by atoms with van der Waals surface area (Å²) < 4.78 is 5.92. The Bertz CT molecular complexity index is 777. The van der Waals surface area contributed by atoms with Crippen molar-refractivity contribution in [3.8, 4) is 11.8 Å². The van der Waals surface area contributed by atoms with E-state index < -0.39 is 0 Å². The molecule has 0 radical (unpaired) electrons. The summed E-state index contributed by atoms with van der Waals surface area (Å²) in [5.41, 5.74) is 2.39. The molecule has 1 aliphatic rings. The Morgan fingerprint density at radius 2 is 2.08 bits per heavy atom. The van der Waals surface area contributed by atoms with E-state index >= 15 is 0 Å². The van der Waals surface area contributed by atoms with Crippen molar-refractivity contribution in [2.45, 2.75) is 19.8 Å². The van der Waals surface area contributed by atoms with Gasteiger partial charge in [0.05, 0.1) is 18.2 Å². The number of ether oxygens (including phenoxy) is 1. The molecular formula is C21H22N2O2. The number of hydrogen-bond donors (Lipinski definition) is 0. The third-order valence-electron chi connectivity index (χ3n) is 4.54. The lowest BCUT2D eigenvalue weighted by atomic mass is 9.98. The average molecular weight is 334 g/mol. The van der Waals surface area contributed by atoms with Gasteiger partial charge < -0.3 is 9.64 Å². The van der Waals surface area contributed by atoms with E-state index in [1.54, 1.807) is 24.3 Å². The molecule has 0 saturated carbocycles. The monoisotopic (exact) mass is 334 g/mol. The minimum absolute atomic E-state index is 0.0322. The highest BCUT2D eigenvalue weighted by atomic mass is 16.5. The predicted octanol–water partition coefficient (Wildman–Crippen LogP) is 3.80. The average Bonchev–Trinajstić information content (AvgIpc) is 2.66. The summed E-state index contributed by atoms with van der Waals surface area (Å²) in [4.78, 5) is 14.6.